The second kappa shape index (κ2) is 5.16. The van der Waals surface area contributed by atoms with E-state index in [0.717, 1.165) is 23.0 Å². The minimum Gasteiger partial charge on any atom is -0.478 e. The Morgan fingerprint density at radius 2 is 2.10 bits per heavy atom. The molecule has 0 aliphatic rings. The molecule has 0 radical (unpaired) electrons. The van der Waals surface area contributed by atoms with Crippen LogP contribution >= 0.6 is 0 Å². The third-order valence-corrected chi connectivity index (χ3v) is 2.31. The zero-order valence-electron chi connectivity index (χ0n) is 9.87. The third kappa shape index (κ3) is 3.22. The predicted octanol–water partition coefficient (Wildman–Crippen LogP) is 2.38. The number of hydrogen-bond acceptors (Lipinski definition) is 3. The molecule has 0 saturated heterocycles. The second-order valence-electron chi connectivity index (χ2n) is 3.79. The Labute approximate surface area is 111 Å². The number of alkyl halides is 3. The molecule has 0 atom stereocenters. The van der Waals surface area contributed by atoms with E-state index >= 15 is 0 Å². The molecule has 104 valence electrons. The number of rotatable bonds is 3. The van der Waals surface area contributed by atoms with Gasteiger partial charge in [0.1, 0.15) is 0 Å². The van der Waals surface area contributed by atoms with Crippen LogP contribution in [0.5, 0.6) is 0 Å². The Balaban J connectivity index is 2.31. The highest BCUT2D eigenvalue weighted by molar-refractivity contribution is 5.85. The van der Waals surface area contributed by atoms with E-state index in [1.807, 2.05) is 0 Å². The van der Waals surface area contributed by atoms with Gasteiger partial charge in [-0.3, -0.25) is 4.98 Å². The van der Waals surface area contributed by atoms with E-state index in [4.69, 9.17) is 5.11 Å². The van der Waals surface area contributed by atoms with Gasteiger partial charge in [-0.25, -0.2) is 9.48 Å². The van der Waals surface area contributed by atoms with Gasteiger partial charge in [0.25, 0.3) is 0 Å². The molecule has 2 heterocycles. The number of aliphatic carboxylic acids is 1. The van der Waals surface area contributed by atoms with Crippen molar-refractivity contribution in [1.29, 1.82) is 0 Å². The fraction of sp³-hybridized carbons (Fsp3) is 0.0833. The smallest absolute Gasteiger partial charge is 0.435 e. The lowest BCUT2D eigenvalue weighted by Crippen LogP contribution is -2.07. The molecule has 1 N–H and O–H groups in total. The molecule has 8 heteroatoms. The Morgan fingerprint density at radius 1 is 1.35 bits per heavy atom. The Bertz CT molecular complexity index is 662. The fourth-order valence-electron chi connectivity index (χ4n) is 1.45. The van der Waals surface area contributed by atoms with Crippen molar-refractivity contribution in [1.82, 2.24) is 14.8 Å². The van der Waals surface area contributed by atoms with Gasteiger partial charge in [0.2, 0.25) is 0 Å². The number of carbonyl (C=O) groups is 1. The second-order valence-corrected chi connectivity index (χ2v) is 3.79. The first-order valence-corrected chi connectivity index (χ1v) is 5.35. The highest BCUT2D eigenvalue weighted by atomic mass is 19.4. The normalized spacial score (nSPS) is 11.9. The summed E-state index contributed by atoms with van der Waals surface area (Å²) >= 11 is 0. The topological polar surface area (TPSA) is 68.0 Å². The summed E-state index contributed by atoms with van der Waals surface area (Å²) in [7, 11) is 0. The average molecular weight is 283 g/mol. The molecule has 20 heavy (non-hydrogen) atoms. The van der Waals surface area contributed by atoms with Gasteiger partial charge in [0.05, 0.1) is 11.9 Å². The van der Waals surface area contributed by atoms with Gasteiger partial charge in [-0.2, -0.15) is 18.3 Å². The molecule has 0 fully saturated rings. The number of halogens is 3. The first-order valence-electron chi connectivity index (χ1n) is 5.35. The molecule has 2 aromatic heterocycles. The maximum absolute atomic E-state index is 12.4. The van der Waals surface area contributed by atoms with E-state index in [-0.39, 0.29) is 0 Å². The lowest BCUT2D eigenvalue weighted by Gasteiger charge is -2.03. The molecule has 0 aliphatic heterocycles. The van der Waals surface area contributed by atoms with Crippen LogP contribution in [0.3, 0.4) is 0 Å². The molecular formula is C12H8F3N3O2. The number of carboxylic acids is 1. The molecule has 0 unspecified atom stereocenters. The number of aromatic nitrogens is 3. The molecule has 2 aromatic rings. The van der Waals surface area contributed by atoms with E-state index in [2.05, 4.69) is 10.1 Å². The van der Waals surface area contributed by atoms with Crippen LogP contribution in [0, 0.1) is 0 Å². The fourth-order valence-corrected chi connectivity index (χ4v) is 1.45. The van der Waals surface area contributed by atoms with Crippen LogP contribution in [-0.2, 0) is 11.0 Å². The van der Waals surface area contributed by atoms with Crippen LogP contribution in [0.25, 0.3) is 11.8 Å². The molecule has 0 saturated carbocycles. The van der Waals surface area contributed by atoms with E-state index in [1.165, 1.54) is 24.5 Å². The Hall–Kier alpha value is -2.64. The quantitative estimate of drug-likeness (QED) is 0.878. The standard InChI is InChI=1S/C12H8F3N3O2/c13-12(14,15)10-3-4-18(17-10)9-5-8(6-16-7-9)1-2-11(19)20/h1-7H,(H,19,20)/b2-1+. The van der Waals surface area contributed by atoms with E-state index in [0.29, 0.717) is 11.3 Å². The van der Waals surface area contributed by atoms with Crippen molar-refractivity contribution < 1.29 is 23.1 Å². The summed E-state index contributed by atoms with van der Waals surface area (Å²) < 4.78 is 38.3. The zero-order chi connectivity index (χ0) is 14.8. The minimum atomic E-state index is -4.51. The van der Waals surface area contributed by atoms with Gasteiger partial charge < -0.3 is 5.11 Å². The zero-order valence-corrected chi connectivity index (χ0v) is 9.87. The maximum atomic E-state index is 12.4. The van der Waals surface area contributed by atoms with E-state index in [9.17, 15) is 18.0 Å². The summed E-state index contributed by atoms with van der Waals surface area (Å²) in [5.74, 6) is -1.13. The number of pyridine rings is 1. The third-order valence-electron chi connectivity index (χ3n) is 2.31. The van der Waals surface area contributed by atoms with Crippen molar-refractivity contribution in [3.8, 4) is 5.69 Å². The summed E-state index contributed by atoms with van der Waals surface area (Å²) in [6, 6.07) is 2.32. The molecule has 0 amide bonds. The molecule has 0 aromatic carbocycles. The monoisotopic (exact) mass is 283 g/mol. The van der Waals surface area contributed by atoms with Crippen molar-refractivity contribution in [3.05, 3.63) is 48.1 Å². The highest BCUT2D eigenvalue weighted by Crippen LogP contribution is 2.27. The largest absolute Gasteiger partial charge is 0.478 e. The first kappa shape index (κ1) is 13.8. The highest BCUT2D eigenvalue weighted by Gasteiger charge is 2.33. The minimum absolute atomic E-state index is 0.299. The average Bonchev–Trinajstić information content (AvgIpc) is 2.86. The molecule has 2 rings (SSSR count). The first-order chi connectivity index (χ1) is 9.36. The van der Waals surface area contributed by atoms with Gasteiger partial charge in [-0.15, -0.1) is 0 Å². The van der Waals surface area contributed by atoms with Gasteiger partial charge in [-0.05, 0) is 23.8 Å². The van der Waals surface area contributed by atoms with E-state index < -0.39 is 17.8 Å². The van der Waals surface area contributed by atoms with Crippen molar-refractivity contribution >= 4 is 12.0 Å². The van der Waals surface area contributed by atoms with Crippen LogP contribution in [0.4, 0.5) is 13.2 Å². The Kier molecular flexibility index (Phi) is 3.55. The van der Waals surface area contributed by atoms with Crippen molar-refractivity contribution in [2.45, 2.75) is 6.18 Å². The molecular weight excluding hydrogens is 275 g/mol. The van der Waals surface area contributed by atoms with Crippen LogP contribution in [0.1, 0.15) is 11.3 Å². The SMILES string of the molecule is O=C(O)/C=C/c1cncc(-n2ccc(C(F)(F)F)n2)c1. The van der Waals surface area contributed by atoms with Crippen LogP contribution < -0.4 is 0 Å². The lowest BCUT2D eigenvalue weighted by atomic mass is 10.2. The summed E-state index contributed by atoms with van der Waals surface area (Å²) in [6.07, 6.45) is 1.55. The summed E-state index contributed by atoms with van der Waals surface area (Å²) in [4.78, 5) is 14.2. The van der Waals surface area contributed by atoms with Gasteiger partial charge in [0.15, 0.2) is 5.69 Å². The number of carboxylic acid groups (broad SMARTS) is 1. The number of nitrogens with zero attached hydrogens (tertiary/aromatic N) is 3. The van der Waals surface area contributed by atoms with Gasteiger partial charge >= 0.3 is 12.1 Å². The molecule has 0 bridgehead atoms. The van der Waals surface area contributed by atoms with Gasteiger partial charge in [0, 0.05) is 18.5 Å². The van der Waals surface area contributed by atoms with Crippen LogP contribution in [-0.4, -0.2) is 25.8 Å². The van der Waals surface area contributed by atoms with E-state index in [1.54, 1.807) is 0 Å². The molecule has 0 aliphatic carbocycles. The lowest BCUT2D eigenvalue weighted by molar-refractivity contribution is -0.141. The van der Waals surface area contributed by atoms with Crippen molar-refractivity contribution in [2.75, 3.05) is 0 Å². The summed E-state index contributed by atoms with van der Waals surface area (Å²) in [6.45, 7) is 0. The Morgan fingerprint density at radius 3 is 2.70 bits per heavy atom. The molecule has 5 nitrogen and oxygen atoms in total. The van der Waals surface area contributed by atoms with Crippen molar-refractivity contribution in [2.24, 2.45) is 0 Å². The molecule has 0 spiro atoms. The predicted molar refractivity (Wildman–Crippen MR) is 63.0 cm³/mol. The van der Waals surface area contributed by atoms with Gasteiger partial charge in [-0.1, -0.05) is 0 Å². The van der Waals surface area contributed by atoms with Crippen molar-refractivity contribution in [3.63, 3.8) is 0 Å². The number of hydrogen-bond donors (Lipinski definition) is 1. The summed E-state index contributed by atoms with van der Waals surface area (Å²) in [5, 5.41) is 11.9. The van der Waals surface area contributed by atoms with Crippen LogP contribution in [0.15, 0.2) is 36.8 Å². The maximum Gasteiger partial charge on any atom is 0.435 e. The van der Waals surface area contributed by atoms with Crippen LogP contribution in [0.2, 0.25) is 0 Å². The summed E-state index contributed by atoms with van der Waals surface area (Å²) in [5.41, 5.74) is -0.272.